The van der Waals surface area contributed by atoms with Gasteiger partial charge in [0.15, 0.2) is 0 Å². The maximum Gasteiger partial charge on any atom is 0.261 e. The molecule has 0 aliphatic heterocycles. The number of halogens is 2. The van der Waals surface area contributed by atoms with E-state index in [1.165, 1.54) is 5.56 Å². The van der Waals surface area contributed by atoms with Gasteiger partial charge in [0.05, 0.1) is 12.6 Å². The first-order chi connectivity index (χ1) is 9.17. The lowest BCUT2D eigenvalue weighted by Crippen LogP contribution is -2.26. The Morgan fingerprint density at radius 2 is 1.79 bits per heavy atom. The van der Waals surface area contributed by atoms with Gasteiger partial charge >= 0.3 is 0 Å². The Hall–Kier alpha value is -1.00. The average molecular weight is 271 g/mol. The number of hydrogen-bond acceptors (Lipinski definition) is 2. The fourth-order valence-corrected chi connectivity index (χ4v) is 2.00. The molecule has 108 valence electrons. The normalized spacial score (nSPS) is 12.9. The molecular weight excluding hydrogens is 248 g/mol. The summed E-state index contributed by atoms with van der Waals surface area (Å²) in [6, 6.07) is 8.25. The number of alkyl halides is 2. The first-order valence-electron chi connectivity index (χ1n) is 6.85. The summed E-state index contributed by atoms with van der Waals surface area (Å²) in [4.78, 5) is 0. The van der Waals surface area contributed by atoms with Crippen LogP contribution in [0.2, 0.25) is 0 Å². The number of ether oxygens (including phenoxy) is 1. The lowest BCUT2D eigenvalue weighted by molar-refractivity contribution is 0.00934. The number of benzene rings is 1. The Balaban J connectivity index is 2.58. The molecule has 0 radical (unpaired) electrons. The molecule has 1 aromatic carbocycles. The van der Waals surface area contributed by atoms with Crippen LogP contribution in [0.3, 0.4) is 0 Å². The van der Waals surface area contributed by atoms with E-state index >= 15 is 0 Å². The van der Waals surface area contributed by atoms with Crippen molar-refractivity contribution in [3.05, 3.63) is 35.4 Å². The van der Waals surface area contributed by atoms with Crippen LogP contribution in [0, 0.1) is 0 Å². The molecule has 0 fully saturated rings. The molecule has 0 spiro atoms. The fourth-order valence-electron chi connectivity index (χ4n) is 2.00. The van der Waals surface area contributed by atoms with E-state index < -0.39 is 13.0 Å². The maximum absolute atomic E-state index is 12.1. The van der Waals surface area contributed by atoms with E-state index in [9.17, 15) is 8.78 Å². The molecule has 1 rings (SSSR count). The van der Waals surface area contributed by atoms with E-state index in [2.05, 4.69) is 24.4 Å². The standard InChI is InChI=1S/C15H23F2NO/c1-3-5-12-6-8-13(9-7-12)14(18-4-2)10-19-11-15(16)17/h6-9,14-15,18H,3-5,10-11H2,1-2H3. The van der Waals surface area contributed by atoms with E-state index in [1.807, 2.05) is 19.1 Å². The molecule has 1 N–H and O–H groups in total. The summed E-state index contributed by atoms with van der Waals surface area (Å²) in [6.07, 6.45) is -0.226. The lowest BCUT2D eigenvalue weighted by atomic mass is 10.0. The maximum atomic E-state index is 12.1. The van der Waals surface area contributed by atoms with Crippen molar-refractivity contribution in [1.29, 1.82) is 0 Å². The number of likely N-dealkylation sites (N-methyl/N-ethyl adjacent to an activating group) is 1. The molecule has 0 aliphatic rings. The number of nitrogens with one attached hydrogen (secondary N) is 1. The molecule has 1 unspecified atom stereocenters. The van der Waals surface area contributed by atoms with E-state index in [0.717, 1.165) is 24.9 Å². The quantitative estimate of drug-likeness (QED) is 0.741. The molecule has 4 heteroatoms. The second-order valence-corrected chi connectivity index (χ2v) is 4.53. The van der Waals surface area contributed by atoms with Crippen molar-refractivity contribution in [3.63, 3.8) is 0 Å². The fraction of sp³-hybridized carbons (Fsp3) is 0.600. The molecule has 0 heterocycles. The molecule has 1 atom stereocenters. The average Bonchev–Trinajstić information content (AvgIpc) is 2.39. The van der Waals surface area contributed by atoms with Crippen molar-refractivity contribution < 1.29 is 13.5 Å². The zero-order valence-corrected chi connectivity index (χ0v) is 11.7. The number of hydrogen-bond donors (Lipinski definition) is 1. The predicted molar refractivity (Wildman–Crippen MR) is 73.7 cm³/mol. The highest BCUT2D eigenvalue weighted by molar-refractivity contribution is 5.25. The van der Waals surface area contributed by atoms with Crippen LogP contribution in [0.1, 0.15) is 37.4 Å². The summed E-state index contributed by atoms with van der Waals surface area (Å²) in [5.74, 6) is 0. The van der Waals surface area contributed by atoms with Crippen LogP contribution in [0.5, 0.6) is 0 Å². The Labute approximate surface area is 114 Å². The topological polar surface area (TPSA) is 21.3 Å². The largest absolute Gasteiger partial charge is 0.374 e. The summed E-state index contributed by atoms with van der Waals surface area (Å²) in [5, 5.41) is 3.25. The third kappa shape index (κ3) is 6.12. The van der Waals surface area contributed by atoms with E-state index in [4.69, 9.17) is 4.74 Å². The van der Waals surface area contributed by atoms with Crippen LogP contribution < -0.4 is 5.32 Å². The van der Waals surface area contributed by atoms with Crippen molar-refractivity contribution in [3.8, 4) is 0 Å². The van der Waals surface area contributed by atoms with Crippen molar-refractivity contribution in [2.75, 3.05) is 19.8 Å². The second kappa shape index (κ2) is 8.99. The zero-order valence-electron chi connectivity index (χ0n) is 11.7. The summed E-state index contributed by atoms with van der Waals surface area (Å²) >= 11 is 0. The Morgan fingerprint density at radius 1 is 1.11 bits per heavy atom. The van der Waals surface area contributed by atoms with Crippen molar-refractivity contribution in [1.82, 2.24) is 5.32 Å². The molecule has 0 saturated heterocycles. The van der Waals surface area contributed by atoms with Crippen LogP contribution in [0.15, 0.2) is 24.3 Å². The predicted octanol–water partition coefficient (Wildman–Crippen LogP) is 3.57. The first kappa shape index (κ1) is 16.1. The van der Waals surface area contributed by atoms with Gasteiger partial charge in [0.2, 0.25) is 0 Å². The highest BCUT2D eigenvalue weighted by Crippen LogP contribution is 2.15. The van der Waals surface area contributed by atoms with E-state index in [-0.39, 0.29) is 12.6 Å². The van der Waals surface area contributed by atoms with Gasteiger partial charge in [-0.15, -0.1) is 0 Å². The van der Waals surface area contributed by atoms with Gasteiger partial charge in [0.25, 0.3) is 6.43 Å². The van der Waals surface area contributed by atoms with Crippen molar-refractivity contribution in [2.24, 2.45) is 0 Å². The summed E-state index contributed by atoms with van der Waals surface area (Å²) < 4.78 is 29.2. The summed E-state index contributed by atoms with van der Waals surface area (Å²) in [7, 11) is 0. The highest BCUT2D eigenvalue weighted by Gasteiger charge is 2.12. The smallest absolute Gasteiger partial charge is 0.261 e. The molecule has 0 aliphatic carbocycles. The van der Waals surface area contributed by atoms with Crippen LogP contribution in [-0.4, -0.2) is 26.2 Å². The van der Waals surface area contributed by atoms with E-state index in [0.29, 0.717) is 0 Å². The Morgan fingerprint density at radius 3 is 2.32 bits per heavy atom. The first-order valence-corrected chi connectivity index (χ1v) is 6.85. The van der Waals surface area contributed by atoms with Gasteiger partial charge in [-0.1, -0.05) is 44.5 Å². The molecule has 0 bridgehead atoms. The third-order valence-corrected chi connectivity index (χ3v) is 2.90. The number of rotatable bonds is 9. The minimum absolute atomic E-state index is 0.0283. The molecule has 2 nitrogen and oxygen atoms in total. The van der Waals surface area contributed by atoms with Gasteiger partial charge in [-0.25, -0.2) is 8.78 Å². The van der Waals surface area contributed by atoms with Gasteiger partial charge in [-0.05, 0) is 24.1 Å². The monoisotopic (exact) mass is 271 g/mol. The zero-order chi connectivity index (χ0) is 14.1. The van der Waals surface area contributed by atoms with Crippen LogP contribution in [0.4, 0.5) is 8.78 Å². The summed E-state index contributed by atoms with van der Waals surface area (Å²) in [6.45, 7) is 4.68. The molecule has 0 saturated carbocycles. The van der Waals surface area contributed by atoms with Crippen LogP contribution in [-0.2, 0) is 11.2 Å². The highest BCUT2D eigenvalue weighted by atomic mass is 19.3. The molecule has 1 aromatic rings. The minimum atomic E-state index is -2.41. The SMILES string of the molecule is CCCc1ccc(C(COCC(F)F)NCC)cc1. The Kier molecular flexibility index (Phi) is 7.60. The second-order valence-electron chi connectivity index (χ2n) is 4.53. The van der Waals surface area contributed by atoms with Crippen molar-refractivity contribution in [2.45, 2.75) is 39.2 Å². The van der Waals surface area contributed by atoms with E-state index in [1.54, 1.807) is 0 Å². The molecule has 0 amide bonds. The molecule has 0 aromatic heterocycles. The van der Waals surface area contributed by atoms with Crippen LogP contribution >= 0.6 is 0 Å². The van der Waals surface area contributed by atoms with Gasteiger partial charge < -0.3 is 10.1 Å². The molecule has 19 heavy (non-hydrogen) atoms. The lowest BCUT2D eigenvalue weighted by Gasteiger charge is -2.18. The number of aryl methyl sites for hydroxylation is 1. The van der Waals surface area contributed by atoms with Gasteiger partial charge in [-0.2, -0.15) is 0 Å². The van der Waals surface area contributed by atoms with Gasteiger partial charge in [-0.3, -0.25) is 0 Å². The van der Waals surface area contributed by atoms with Crippen LogP contribution in [0.25, 0.3) is 0 Å². The Bertz CT molecular complexity index is 341. The van der Waals surface area contributed by atoms with Gasteiger partial charge in [0, 0.05) is 0 Å². The minimum Gasteiger partial charge on any atom is -0.374 e. The molecular formula is C15H23F2NO. The third-order valence-electron chi connectivity index (χ3n) is 2.90. The van der Waals surface area contributed by atoms with Gasteiger partial charge in [0.1, 0.15) is 6.61 Å². The summed E-state index contributed by atoms with van der Waals surface area (Å²) in [5.41, 5.74) is 2.38. The van der Waals surface area contributed by atoms with Crippen molar-refractivity contribution >= 4 is 0 Å².